The molecule has 0 saturated carbocycles. The second-order valence-electron chi connectivity index (χ2n) is 5.75. The fraction of sp³-hybridized carbons (Fsp3) is 0.562. The van der Waals surface area contributed by atoms with E-state index in [1.165, 1.54) is 0 Å². The normalized spacial score (nSPS) is 11.0. The van der Waals surface area contributed by atoms with Gasteiger partial charge in [-0.1, -0.05) is 23.2 Å². The summed E-state index contributed by atoms with van der Waals surface area (Å²) in [5.41, 5.74) is 0. The summed E-state index contributed by atoms with van der Waals surface area (Å²) in [5, 5.41) is 3.93. The molecule has 7 heteroatoms. The Labute approximate surface area is 148 Å². The first-order valence-electron chi connectivity index (χ1n) is 7.58. The lowest BCUT2D eigenvalue weighted by Crippen LogP contribution is -2.47. The van der Waals surface area contributed by atoms with Gasteiger partial charge in [0.1, 0.15) is 12.4 Å². The third-order valence-corrected chi connectivity index (χ3v) is 3.73. The van der Waals surface area contributed by atoms with Gasteiger partial charge in [0.25, 0.3) is 0 Å². The van der Waals surface area contributed by atoms with Crippen LogP contribution in [0, 0.1) is 0 Å². The Hall–Kier alpha value is -1.17. The fourth-order valence-electron chi connectivity index (χ4n) is 1.93. The SMILES string of the molecule is CC(C)N(CCOc1ccc(Cl)cc1Cl)C(=O)NCCN(C)C. The molecule has 1 N–H and O–H groups in total. The number of urea groups is 1. The van der Waals surface area contributed by atoms with Crippen molar-refractivity contribution in [2.24, 2.45) is 0 Å². The van der Waals surface area contributed by atoms with E-state index in [4.69, 9.17) is 27.9 Å². The maximum absolute atomic E-state index is 12.2. The van der Waals surface area contributed by atoms with Crippen LogP contribution in [0.2, 0.25) is 10.0 Å². The Balaban J connectivity index is 2.48. The van der Waals surface area contributed by atoms with Crippen LogP contribution in [0.15, 0.2) is 18.2 Å². The Morgan fingerprint density at radius 2 is 1.96 bits per heavy atom. The predicted molar refractivity (Wildman–Crippen MR) is 95.8 cm³/mol. The van der Waals surface area contributed by atoms with Gasteiger partial charge >= 0.3 is 6.03 Å². The standard InChI is InChI=1S/C16H25Cl2N3O2/c1-12(2)21(16(22)19-7-8-20(3)4)9-10-23-15-6-5-13(17)11-14(15)18/h5-6,11-12H,7-10H2,1-4H3,(H,19,22). The third-order valence-electron chi connectivity index (χ3n) is 3.20. The summed E-state index contributed by atoms with van der Waals surface area (Å²) >= 11 is 11.9. The number of halogens is 2. The predicted octanol–water partition coefficient (Wildman–Crippen LogP) is 3.35. The zero-order chi connectivity index (χ0) is 17.4. The molecule has 0 aliphatic carbocycles. The summed E-state index contributed by atoms with van der Waals surface area (Å²) in [4.78, 5) is 16.0. The molecule has 1 aromatic carbocycles. The van der Waals surface area contributed by atoms with Gasteiger partial charge in [-0.05, 0) is 46.1 Å². The molecule has 0 fully saturated rings. The van der Waals surface area contributed by atoms with E-state index >= 15 is 0 Å². The molecule has 130 valence electrons. The van der Waals surface area contributed by atoms with Crippen LogP contribution >= 0.6 is 23.2 Å². The van der Waals surface area contributed by atoms with E-state index in [0.717, 1.165) is 6.54 Å². The lowest BCUT2D eigenvalue weighted by molar-refractivity contribution is 0.165. The van der Waals surface area contributed by atoms with E-state index in [-0.39, 0.29) is 12.1 Å². The van der Waals surface area contributed by atoms with E-state index in [1.54, 1.807) is 23.1 Å². The van der Waals surface area contributed by atoms with Gasteiger partial charge in [0.15, 0.2) is 0 Å². The van der Waals surface area contributed by atoms with Crippen molar-refractivity contribution in [2.75, 3.05) is 40.3 Å². The molecule has 1 aromatic rings. The smallest absolute Gasteiger partial charge is 0.317 e. The molecule has 0 aliphatic heterocycles. The van der Waals surface area contributed by atoms with E-state index in [0.29, 0.717) is 35.5 Å². The first-order chi connectivity index (χ1) is 10.8. The molecule has 0 unspecified atom stereocenters. The quantitative estimate of drug-likeness (QED) is 0.771. The largest absolute Gasteiger partial charge is 0.490 e. The number of amides is 2. The summed E-state index contributed by atoms with van der Waals surface area (Å²) in [6.45, 7) is 6.19. The lowest BCUT2D eigenvalue weighted by Gasteiger charge is -2.27. The highest BCUT2D eigenvalue weighted by atomic mass is 35.5. The molecule has 0 aromatic heterocycles. The molecule has 0 aliphatic rings. The van der Waals surface area contributed by atoms with Crippen molar-refractivity contribution in [3.8, 4) is 5.75 Å². The average molecular weight is 362 g/mol. The number of hydrogen-bond donors (Lipinski definition) is 1. The third kappa shape index (κ3) is 7.29. The zero-order valence-electron chi connectivity index (χ0n) is 14.1. The van der Waals surface area contributed by atoms with Crippen molar-refractivity contribution in [1.82, 2.24) is 15.1 Å². The van der Waals surface area contributed by atoms with Gasteiger partial charge < -0.3 is 19.9 Å². The highest BCUT2D eigenvalue weighted by Gasteiger charge is 2.16. The second-order valence-corrected chi connectivity index (χ2v) is 6.59. The molecule has 1 rings (SSSR count). The highest BCUT2D eigenvalue weighted by Crippen LogP contribution is 2.27. The average Bonchev–Trinajstić information content (AvgIpc) is 2.44. The Kier molecular flexibility index (Phi) is 8.52. The number of nitrogens with one attached hydrogen (secondary N) is 1. The van der Waals surface area contributed by atoms with Gasteiger partial charge in [-0.25, -0.2) is 4.79 Å². The van der Waals surface area contributed by atoms with Gasteiger partial charge in [-0.2, -0.15) is 0 Å². The van der Waals surface area contributed by atoms with Crippen molar-refractivity contribution >= 4 is 29.2 Å². The van der Waals surface area contributed by atoms with Gasteiger partial charge in [0.05, 0.1) is 11.6 Å². The van der Waals surface area contributed by atoms with Crippen LogP contribution in [-0.4, -0.2) is 62.2 Å². The summed E-state index contributed by atoms with van der Waals surface area (Å²) < 4.78 is 5.64. The minimum absolute atomic E-state index is 0.0821. The van der Waals surface area contributed by atoms with Crippen LogP contribution < -0.4 is 10.1 Å². The number of rotatable bonds is 8. The molecule has 0 heterocycles. The molecule has 0 radical (unpaired) electrons. The maximum Gasteiger partial charge on any atom is 0.317 e. The molecule has 0 spiro atoms. The van der Waals surface area contributed by atoms with Crippen LogP contribution in [0.25, 0.3) is 0 Å². The van der Waals surface area contributed by atoms with Crippen molar-refractivity contribution in [2.45, 2.75) is 19.9 Å². The summed E-state index contributed by atoms with van der Waals surface area (Å²) in [7, 11) is 3.94. The number of carbonyl (C=O) groups excluding carboxylic acids is 1. The zero-order valence-corrected chi connectivity index (χ0v) is 15.6. The molecule has 0 saturated heterocycles. The van der Waals surface area contributed by atoms with E-state index < -0.39 is 0 Å². The number of ether oxygens (including phenoxy) is 1. The van der Waals surface area contributed by atoms with Gasteiger partial charge in [-0.3, -0.25) is 0 Å². The second kappa shape index (κ2) is 9.85. The van der Waals surface area contributed by atoms with Gasteiger partial charge in [0, 0.05) is 24.2 Å². The molecular weight excluding hydrogens is 337 g/mol. The summed E-state index contributed by atoms with van der Waals surface area (Å²) in [6, 6.07) is 5.07. The Morgan fingerprint density at radius 1 is 1.26 bits per heavy atom. The molecular formula is C16H25Cl2N3O2. The van der Waals surface area contributed by atoms with Crippen LogP contribution in [0.5, 0.6) is 5.75 Å². The first kappa shape index (κ1) is 19.9. The number of likely N-dealkylation sites (N-methyl/N-ethyl adjacent to an activating group) is 1. The van der Waals surface area contributed by atoms with E-state index in [1.807, 2.05) is 32.8 Å². The monoisotopic (exact) mass is 361 g/mol. The van der Waals surface area contributed by atoms with E-state index in [9.17, 15) is 4.79 Å². The molecule has 23 heavy (non-hydrogen) atoms. The highest BCUT2D eigenvalue weighted by molar-refractivity contribution is 6.35. The maximum atomic E-state index is 12.2. The Bertz CT molecular complexity index is 510. The van der Waals surface area contributed by atoms with Crippen LogP contribution in [0.3, 0.4) is 0 Å². The minimum Gasteiger partial charge on any atom is -0.490 e. The molecule has 0 atom stereocenters. The van der Waals surface area contributed by atoms with Gasteiger partial charge in [-0.15, -0.1) is 0 Å². The Morgan fingerprint density at radius 3 is 2.52 bits per heavy atom. The minimum atomic E-state index is -0.0901. The number of benzene rings is 1. The fourth-order valence-corrected chi connectivity index (χ4v) is 2.39. The van der Waals surface area contributed by atoms with Crippen molar-refractivity contribution in [1.29, 1.82) is 0 Å². The van der Waals surface area contributed by atoms with Crippen molar-refractivity contribution < 1.29 is 9.53 Å². The van der Waals surface area contributed by atoms with Crippen LogP contribution in [0.4, 0.5) is 4.79 Å². The summed E-state index contributed by atoms with van der Waals surface area (Å²) in [5.74, 6) is 0.563. The number of carbonyl (C=O) groups is 1. The lowest BCUT2D eigenvalue weighted by atomic mass is 10.3. The van der Waals surface area contributed by atoms with Gasteiger partial charge in [0.2, 0.25) is 0 Å². The first-order valence-corrected chi connectivity index (χ1v) is 8.34. The van der Waals surface area contributed by atoms with Crippen molar-refractivity contribution in [3.63, 3.8) is 0 Å². The number of hydrogen-bond acceptors (Lipinski definition) is 3. The molecule has 2 amide bonds. The van der Waals surface area contributed by atoms with E-state index in [2.05, 4.69) is 5.32 Å². The molecule has 5 nitrogen and oxygen atoms in total. The van der Waals surface area contributed by atoms with Crippen LogP contribution in [0.1, 0.15) is 13.8 Å². The topological polar surface area (TPSA) is 44.8 Å². The molecule has 0 bridgehead atoms. The summed E-state index contributed by atoms with van der Waals surface area (Å²) in [6.07, 6.45) is 0. The van der Waals surface area contributed by atoms with Crippen LogP contribution in [-0.2, 0) is 0 Å². The van der Waals surface area contributed by atoms with Crippen molar-refractivity contribution in [3.05, 3.63) is 28.2 Å². The number of nitrogens with zero attached hydrogens (tertiary/aromatic N) is 2.